The van der Waals surface area contributed by atoms with Crippen molar-refractivity contribution in [3.8, 4) is 46.0 Å². The first kappa shape index (κ1) is 51.2. The Morgan fingerprint density at radius 2 is 0.974 bits per heavy atom. The molecule has 77 heavy (non-hydrogen) atoms. The van der Waals surface area contributed by atoms with Gasteiger partial charge in [-0.25, -0.2) is 50.7 Å². The molecule has 17 nitrogen and oxygen atoms in total. The molecule has 0 radical (unpaired) electrons. The average Bonchev–Trinajstić information content (AvgIpc) is 3.59. The van der Waals surface area contributed by atoms with Crippen LogP contribution >= 0.6 is 0 Å². The molecule has 0 saturated heterocycles. The quantitative estimate of drug-likeness (QED) is 0.0642. The molecule has 0 bridgehead atoms. The van der Waals surface area contributed by atoms with E-state index in [4.69, 9.17) is 28.5 Å². The number of carboxylic acid groups (broad SMARTS) is 1. The van der Waals surface area contributed by atoms with E-state index in [0.717, 1.165) is 25.4 Å². The second-order valence-corrected chi connectivity index (χ2v) is 13.9. The number of methoxy groups -OCH3 is 4. The van der Waals surface area contributed by atoms with Crippen LogP contribution in [0.3, 0.4) is 0 Å². The highest BCUT2D eigenvalue weighted by atomic mass is 19.4. The van der Waals surface area contributed by atoms with Gasteiger partial charge in [0.25, 0.3) is 18.8 Å². The van der Waals surface area contributed by atoms with Gasteiger partial charge < -0.3 is 54.1 Å². The molecule has 31 heteroatoms. The van der Waals surface area contributed by atoms with E-state index in [1.165, 1.54) is 19.4 Å². The fourth-order valence-corrected chi connectivity index (χ4v) is 5.62. The van der Waals surface area contributed by atoms with Crippen LogP contribution in [0, 0.1) is 23.3 Å². The number of benzene rings is 4. The third kappa shape index (κ3) is 15.8. The van der Waals surface area contributed by atoms with Gasteiger partial charge in [-0.3, -0.25) is 4.79 Å². The van der Waals surface area contributed by atoms with Crippen molar-refractivity contribution < 1.29 is 132 Å². The monoisotopic (exact) mass is 1120 g/mol. The van der Waals surface area contributed by atoms with Gasteiger partial charge >= 0.3 is 30.6 Å². The molecule has 0 unspecified atom stereocenters. The number of amides is 1. The number of rotatable bonds is 15. The van der Waals surface area contributed by atoms with E-state index >= 15 is 4.39 Å². The van der Waals surface area contributed by atoms with Crippen molar-refractivity contribution in [3.05, 3.63) is 142 Å². The lowest BCUT2D eigenvalue weighted by Crippen LogP contribution is -2.18. The Hall–Kier alpha value is -9.32. The van der Waals surface area contributed by atoms with Gasteiger partial charge in [-0.15, -0.1) is 26.3 Å². The number of anilines is 2. The smallest absolute Gasteiger partial charge is 0.490 e. The van der Waals surface area contributed by atoms with E-state index in [2.05, 4.69) is 43.7 Å². The van der Waals surface area contributed by atoms with Crippen molar-refractivity contribution in [2.45, 2.75) is 25.6 Å². The molecule has 0 aliphatic heterocycles. The lowest BCUT2D eigenvalue weighted by molar-refractivity contribution is -0.276. The van der Waals surface area contributed by atoms with E-state index in [1.807, 2.05) is 0 Å². The van der Waals surface area contributed by atoms with E-state index in [1.54, 1.807) is 6.07 Å². The first-order chi connectivity index (χ1) is 38.3. The maximum atomic E-state index is 15.1. The van der Waals surface area contributed by atoms with Crippen molar-refractivity contribution >= 4 is 35.2 Å². The molecule has 412 valence electrons. The number of halogens is 14. The van der Waals surface area contributed by atoms with Gasteiger partial charge in [0.05, 0.1) is 71.4 Å². The van der Waals surface area contributed by atoms with Gasteiger partial charge in [-0.1, -0.05) is 0 Å². The normalized spacial score (nSPS) is 12.5. The van der Waals surface area contributed by atoms with Crippen LogP contribution in [0.15, 0.2) is 85.2 Å². The molecule has 4 N–H and O–H groups in total. The largest absolute Gasteiger partial charge is 0.573 e. The zero-order valence-electron chi connectivity index (χ0n) is 43.8. The van der Waals surface area contributed by atoms with Crippen LogP contribution in [-0.4, -0.2) is 79.9 Å². The Morgan fingerprint density at radius 1 is 0.571 bits per heavy atom. The van der Waals surface area contributed by atoms with Crippen molar-refractivity contribution in [1.29, 1.82) is 0 Å². The minimum absolute atomic E-state index is 0.165. The molecular weight excluding hydrogens is 1080 g/mol. The molecule has 1 amide bonds. The van der Waals surface area contributed by atoms with Gasteiger partial charge in [-0.05, 0) is 72.8 Å². The summed E-state index contributed by atoms with van der Waals surface area (Å²) in [5.41, 5.74) is 0.615. The van der Waals surface area contributed by atoms with Crippen molar-refractivity contribution in [2.24, 2.45) is 0 Å². The number of carbonyl (C=O) groups excluding carboxylic acids is 3. The summed E-state index contributed by atoms with van der Waals surface area (Å²) in [6.07, 6.45) is -15.3. The number of carboxylic acids is 1. The van der Waals surface area contributed by atoms with E-state index in [0.29, 0.717) is 54.2 Å². The molecular formula is C46H32F14N4O13. The van der Waals surface area contributed by atoms with Crippen LogP contribution in [0.25, 0.3) is 0 Å². The summed E-state index contributed by atoms with van der Waals surface area (Å²) in [6, 6.07) is 9.26. The van der Waals surface area contributed by atoms with Crippen LogP contribution in [0.1, 0.15) is 73.9 Å². The minimum Gasteiger partial charge on any atom is -0.490 e. The SMILES string of the molecule is COC(=O)c1ccc(N)cn1.[2H]C([2H])([2H])Oc1c(Oc2ccc(C(F)F)c(F)c2C(=O)Nc2ccc(C(=O)OC)nc2)ccc(OC(F)(F)F)c1F.[2H]C([2H])([2H])Oc1c(Oc2ccc(C(F)F)c(F)c2C(=O)O)ccc(OC(F)(F)F)c1F. The number of pyridine rings is 2. The number of carbonyl (C=O) groups is 4. The summed E-state index contributed by atoms with van der Waals surface area (Å²) in [5, 5.41) is 11.2. The van der Waals surface area contributed by atoms with E-state index < -0.39 is 155 Å². The van der Waals surface area contributed by atoms with Gasteiger partial charge in [0.1, 0.15) is 45.6 Å². The van der Waals surface area contributed by atoms with Crippen molar-refractivity contribution in [3.63, 3.8) is 0 Å². The zero-order chi connectivity index (χ0) is 62.7. The predicted molar refractivity (Wildman–Crippen MR) is 233 cm³/mol. The first-order valence-electron chi connectivity index (χ1n) is 22.8. The maximum Gasteiger partial charge on any atom is 0.573 e. The molecule has 0 fully saturated rings. The highest BCUT2D eigenvalue weighted by Gasteiger charge is 2.36. The van der Waals surface area contributed by atoms with Gasteiger partial charge in [0, 0.05) is 0 Å². The number of nitrogens with two attached hydrogens (primary N) is 1. The molecule has 0 saturated carbocycles. The molecule has 6 rings (SSSR count). The van der Waals surface area contributed by atoms with Gasteiger partial charge in [0.2, 0.25) is 23.1 Å². The van der Waals surface area contributed by atoms with E-state index in [-0.39, 0.29) is 17.1 Å². The average molecular weight is 1120 g/mol. The highest BCUT2D eigenvalue weighted by Crippen LogP contribution is 2.44. The van der Waals surface area contributed by atoms with Crippen LogP contribution in [-0.2, 0) is 9.47 Å². The lowest BCUT2D eigenvalue weighted by atomic mass is 10.1. The molecule has 6 aromatic rings. The summed E-state index contributed by atoms with van der Waals surface area (Å²) in [5.74, 6) is -22.3. The van der Waals surface area contributed by atoms with Crippen LogP contribution < -0.4 is 39.5 Å². The third-order valence-electron chi connectivity index (χ3n) is 8.92. The summed E-state index contributed by atoms with van der Waals surface area (Å²) in [6.45, 7) is 0. The number of nitrogens with one attached hydrogen (secondary N) is 1. The van der Waals surface area contributed by atoms with E-state index in [9.17, 15) is 76.3 Å². The van der Waals surface area contributed by atoms with Crippen molar-refractivity contribution in [1.82, 2.24) is 9.97 Å². The maximum absolute atomic E-state index is 15.1. The van der Waals surface area contributed by atoms with Crippen LogP contribution in [0.2, 0.25) is 0 Å². The molecule has 0 aliphatic rings. The number of aromatic carboxylic acids is 1. The Kier molecular flexibility index (Phi) is 17.1. The third-order valence-corrected chi connectivity index (χ3v) is 8.92. The highest BCUT2D eigenvalue weighted by molar-refractivity contribution is 6.06. The summed E-state index contributed by atoms with van der Waals surface area (Å²) < 4.78 is 263. The topological polar surface area (TPSA) is 226 Å². The van der Waals surface area contributed by atoms with Crippen LogP contribution in [0.5, 0.6) is 46.0 Å². The van der Waals surface area contributed by atoms with Crippen molar-refractivity contribution in [2.75, 3.05) is 39.3 Å². The number of hydrogen-bond donors (Lipinski definition) is 3. The molecule has 4 aromatic carbocycles. The lowest BCUT2D eigenvalue weighted by Gasteiger charge is -2.17. The van der Waals surface area contributed by atoms with Gasteiger partial charge in [-0.2, -0.15) is 8.78 Å². The minimum atomic E-state index is -5.40. The summed E-state index contributed by atoms with van der Waals surface area (Å²) in [7, 11) is -4.49. The second-order valence-electron chi connectivity index (χ2n) is 13.9. The molecule has 0 atom stereocenters. The number of ether oxygens (including phenoxy) is 8. The summed E-state index contributed by atoms with van der Waals surface area (Å²) in [4.78, 5) is 54.0. The molecule has 0 aliphatic carbocycles. The number of nitrogen functional groups attached to an aromatic ring is 1. The predicted octanol–water partition coefficient (Wildman–Crippen LogP) is 11.8. The van der Waals surface area contributed by atoms with Crippen LogP contribution in [0.4, 0.5) is 72.8 Å². The summed E-state index contributed by atoms with van der Waals surface area (Å²) >= 11 is 0. The number of esters is 2. The number of nitrogens with zero attached hydrogens (tertiary/aromatic N) is 2. The Balaban J connectivity index is 0.000000308. The number of hydrogen-bond acceptors (Lipinski definition) is 15. The Morgan fingerprint density at radius 3 is 1.34 bits per heavy atom. The molecule has 2 heterocycles. The fourth-order valence-electron chi connectivity index (χ4n) is 5.62. The Labute approximate surface area is 430 Å². The second kappa shape index (κ2) is 25.8. The molecule has 0 spiro atoms. The Bertz CT molecular complexity index is 3320. The number of alkyl halides is 10. The van der Waals surface area contributed by atoms with Gasteiger partial charge in [0.15, 0.2) is 23.0 Å². The number of aromatic nitrogens is 2. The first-order valence-corrected chi connectivity index (χ1v) is 19.8. The fraction of sp³-hybridized carbons (Fsp3) is 0.174. The standard InChI is InChI=1S/C23H15F7N2O6.C16H9F7O5.C7H8N2O2/c1-35-19-15(8-7-14(18(19)25)38-23(28,29)30)37-13-6-4-11(20(26)27)17(24)16(13)21(33)32-10-3-5-12(31-9-10)22(34)36-2;1-26-13-9(5-4-8(12(13)18)28-16(21,22)23)27-7-3-2-6(14(19)20)11(17)10(7)15(24)25;1-11-7(10)6-3-2-5(8)4-9-6/h3-9,20H,1-2H3,(H,32,33);2-5,14H,1H3,(H,24,25);2-4H,8H2,1H3/i2*1D3;. The zero-order valence-corrected chi connectivity index (χ0v) is 37.8. The molecule has 2 aromatic heterocycles.